The van der Waals surface area contributed by atoms with E-state index in [1.165, 1.54) is 0 Å². The number of fused-ring (bicyclic) bond motifs is 2. The Hall–Kier alpha value is -2.11. The Morgan fingerprint density at radius 2 is 2.24 bits per heavy atom. The highest BCUT2D eigenvalue weighted by atomic mass is 16.5. The van der Waals surface area contributed by atoms with Crippen LogP contribution in [-0.2, 0) is 9.59 Å². The second kappa shape index (κ2) is 5.71. The molecule has 1 aliphatic carbocycles. The summed E-state index contributed by atoms with van der Waals surface area (Å²) in [6.45, 7) is 0.675. The van der Waals surface area contributed by atoms with Crippen LogP contribution in [0.25, 0.3) is 0 Å². The molecular formula is C15H18N2O4. The van der Waals surface area contributed by atoms with E-state index >= 15 is 0 Å². The van der Waals surface area contributed by atoms with E-state index in [9.17, 15) is 9.59 Å². The Balaban J connectivity index is 1.54. The number of aliphatic carboxylic acids is 1. The quantitative estimate of drug-likeness (QED) is 0.884. The number of carbonyl (C=O) groups excluding carboxylic acids is 1. The van der Waals surface area contributed by atoms with Crippen LogP contribution < -0.4 is 4.74 Å². The number of aromatic nitrogens is 1. The van der Waals surface area contributed by atoms with E-state index in [4.69, 9.17) is 9.84 Å². The highest BCUT2D eigenvalue weighted by molar-refractivity contribution is 5.81. The van der Waals surface area contributed by atoms with Crippen molar-refractivity contribution in [3.63, 3.8) is 0 Å². The van der Waals surface area contributed by atoms with Crippen molar-refractivity contribution < 1.29 is 19.4 Å². The van der Waals surface area contributed by atoms with Gasteiger partial charge in [0.25, 0.3) is 0 Å². The van der Waals surface area contributed by atoms with E-state index < -0.39 is 5.97 Å². The van der Waals surface area contributed by atoms with Crippen LogP contribution in [0.15, 0.2) is 24.5 Å². The monoisotopic (exact) mass is 290 g/mol. The van der Waals surface area contributed by atoms with Gasteiger partial charge in [0, 0.05) is 37.5 Å². The molecule has 1 aromatic rings. The molecule has 2 fully saturated rings. The lowest BCUT2D eigenvalue weighted by atomic mass is 10.1. The second-order valence-electron chi connectivity index (χ2n) is 5.67. The molecule has 0 spiro atoms. The van der Waals surface area contributed by atoms with Gasteiger partial charge in [-0.15, -0.1) is 0 Å². The first-order chi connectivity index (χ1) is 10.1. The Kier molecular flexibility index (Phi) is 3.77. The molecule has 21 heavy (non-hydrogen) atoms. The van der Waals surface area contributed by atoms with E-state index in [1.807, 2.05) is 17.0 Å². The number of amides is 1. The predicted molar refractivity (Wildman–Crippen MR) is 73.7 cm³/mol. The number of ether oxygens (including phenoxy) is 1. The van der Waals surface area contributed by atoms with E-state index in [-0.39, 0.29) is 30.9 Å². The van der Waals surface area contributed by atoms with E-state index in [2.05, 4.69) is 4.98 Å². The van der Waals surface area contributed by atoms with Crippen LogP contribution in [0.5, 0.6) is 5.75 Å². The summed E-state index contributed by atoms with van der Waals surface area (Å²) in [7, 11) is 0. The van der Waals surface area contributed by atoms with Crippen molar-refractivity contribution in [3.8, 4) is 5.75 Å². The van der Waals surface area contributed by atoms with Crippen LogP contribution >= 0.6 is 0 Å². The summed E-state index contributed by atoms with van der Waals surface area (Å²) in [5, 5.41) is 8.65. The molecular weight excluding hydrogens is 272 g/mol. The molecule has 2 unspecified atom stereocenters. The first-order valence-corrected chi connectivity index (χ1v) is 7.21. The van der Waals surface area contributed by atoms with Crippen LogP contribution in [0.3, 0.4) is 0 Å². The summed E-state index contributed by atoms with van der Waals surface area (Å²) in [5.41, 5.74) is 0. The summed E-state index contributed by atoms with van der Waals surface area (Å²) in [4.78, 5) is 28.4. The van der Waals surface area contributed by atoms with Gasteiger partial charge in [0.2, 0.25) is 5.91 Å². The molecule has 2 heterocycles. The van der Waals surface area contributed by atoms with Gasteiger partial charge in [-0.3, -0.25) is 14.6 Å². The first kappa shape index (κ1) is 13.9. The molecule has 0 aromatic carbocycles. The van der Waals surface area contributed by atoms with Crippen molar-refractivity contribution in [2.24, 2.45) is 5.92 Å². The molecule has 1 aromatic heterocycles. The molecule has 2 bridgehead atoms. The molecule has 1 saturated carbocycles. The Bertz CT molecular complexity index is 534. The van der Waals surface area contributed by atoms with Crippen LogP contribution in [0.1, 0.15) is 25.7 Å². The van der Waals surface area contributed by atoms with Gasteiger partial charge in [-0.1, -0.05) is 0 Å². The van der Waals surface area contributed by atoms with Crippen LogP contribution in [0, 0.1) is 5.92 Å². The lowest BCUT2D eigenvalue weighted by molar-refractivity contribution is -0.141. The molecule has 1 amide bonds. The number of piperidine rings is 1. The Labute approximate surface area is 122 Å². The highest BCUT2D eigenvalue weighted by Crippen LogP contribution is 2.40. The number of likely N-dealkylation sites (tertiary alicyclic amines) is 1. The maximum absolute atomic E-state index is 12.0. The van der Waals surface area contributed by atoms with Crippen molar-refractivity contribution in [2.75, 3.05) is 6.54 Å². The summed E-state index contributed by atoms with van der Waals surface area (Å²) >= 11 is 0. The summed E-state index contributed by atoms with van der Waals surface area (Å²) in [6.07, 6.45) is 5.29. The van der Waals surface area contributed by atoms with Gasteiger partial charge in [-0.05, 0) is 18.6 Å². The predicted octanol–water partition coefficient (Wildman–Crippen LogP) is 1.31. The average molecular weight is 290 g/mol. The van der Waals surface area contributed by atoms with Crippen LogP contribution in [0.2, 0.25) is 0 Å². The fourth-order valence-electron chi connectivity index (χ4n) is 3.31. The maximum atomic E-state index is 12.0. The number of carboxylic acids is 1. The SMILES string of the molecule is O=C(O)CCC(=O)N1CC2CC1C[C@H]2Oc1cccnc1. The maximum Gasteiger partial charge on any atom is 0.303 e. The number of nitrogens with zero attached hydrogens (tertiary/aromatic N) is 2. The third kappa shape index (κ3) is 2.99. The number of rotatable bonds is 5. The summed E-state index contributed by atoms with van der Waals surface area (Å²) < 4.78 is 5.94. The molecule has 3 atom stereocenters. The van der Waals surface area contributed by atoms with Crippen molar-refractivity contribution in [2.45, 2.75) is 37.8 Å². The van der Waals surface area contributed by atoms with E-state index in [0.29, 0.717) is 12.5 Å². The highest BCUT2D eigenvalue weighted by Gasteiger charge is 2.47. The van der Waals surface area contributed by atoms with Gasteiger partial charge in [-0.2, -0.15) is 0 Å². The normalized spacial score (nSPS) is 26.9. The first-order valence-electron chi connectivity index (χ1n) is 7.21. The molecule has 0 radical (unpaired) electrons. The zero-order valence-corrected chi connectivity index (χ0v) is 11.6. The molecule has 2 aliphatic rings. The number of hydrogen-bond acceptors (Lipinski definition) is 4. The van der Waals surface area contributed by atoms with Gasteiger partial charge in [0.1, 0.15) is 11.9 Å². The van der Waals surface area contributed by atoms with E-state index in [1.54, 1.807) is 12.4 Å². The minimum atomic E-state index is -0.925. The van der Waals surface area contributed by atoms with Gasteiger partial charge < -0.3 is 14.7 Å². The zero-order chi connectivity index (χ0) is 14.8. The lowest BCUT2D eigenvalue weighted by Gasteiger charge is -2.31. The number of carbonyl (C=O) groups is 2. The average Bonchev–Trinajstić information content (AvgIpc) is 3.05. The fourth-order valence-corrected chi connectivity index (χ4v) is 3.31. The molecule has 1 saturated heterocycles. The minimum absolute atomic E-state index is 0.0512. The van der Waals surface area contributed by atoms with Gasteiger partial charge in [-0.25, -0.2) is 0 Å². The largest absolute Gasteiger partial charge is 0.488 e. The topological polar surface area (TPSA) is 79.7 Å². The number of pyridine rings is 1. The third-order valence-electron chi connectivity index (χ3n) is 4.27. The molecule has 6 nitrogen and oxygen atoms in total. The minimum Gasteiger partial charge on any atom is -0.488 e. The molecule has 112 valence electrons. The van der Waals surface area contributed by atoms with E-state index in [0.717, 1.165) is 18.6 Å². The lowest BCUT2D eigenvalue weighted by Crippen LogP contribution is -2.43. The standard InChI is InChI=1S/C15H18N2O4/c18-14(3-4-15(19)20)17-9-10-6-11(17)7-13(10)21-12-2-1-5-16-8-12/h1-2,5,8,10-11,13H,3-4,6-7,9H2,(H,19,20)/t10?,11?,13-/m1/s1. The molecule has 1 aliphatic heterocycles. The molecule has 6 heteroatoms. The van der Waals surface area contributed by atoms with Crippen molar-refractivity contribution >= 4 is 11.9 Å². The number of carboxylic acid groups (broad SMARTS) is 1. The fraction of sp³-hybridized carbons (Fsp3) is 0.533. The van der Waals surface area contributed by atoms with Crippen molar-refractivity contribution in [1.29, 1.82) is 0 Å². The summed E-state index contributed by atoms with van der Waals surface area (Å²) in [5.74, 6) is 0.123. The number of hydrogen-bond donors (Lipinski definition) is 1. The van der Waals surface area contributed by atoms with Crippen LogP contribution in [-0.4, -0.2) is 45.6 Å². The van der Waals surface area contributed by atoms with Crippen molar-refractivity contribution in [3.05, 3.63) is 24.5 Å². The Morgan fingerprint density at radius 1 is 1.38 bits per heavy atom. The van der Waals surface area contributed by atoms with Gasteiger partial charge in [0.05, 0.1) is 12.6 Å². The smallest absolute Gasteiger partial charge is 0.303 e. The Morgan fingerprint density at radius 3 is 2.86 bits per heavy atom. The van der Waals surface area contributed by atoms with Gasteiger partial charge >= 0.3 is 5.97 Å². The van der Waals surface area contributed by atoms with Crippen LogP contribution in [0.4, 0.5) is 0 Å². The molecule has 1 N–H and O–H groups in total. The van der Waals surface area contributed by atoms with Crippen molar-refractivity contribution in [1.82, 2.24) is 9.88 Å². The summed E-state index contributed by atoms with van der Waals surface area (Å²) in [6, 6.07) is 3.91. The molecule has 3 rings (SSSR count). The zero-order valence-electron chi connectivity index (χ0n) is 11.6. The second-order valence-corrected chi connectivity index (χ2v) is 5.67. The third-order valence-corrected chi connectivity index (χ3v) is 4.27. The van der Waals surface area contributed by atoms with Gasteiger partial charge in [0.15, 0.2) is 0 Å².